The van der Waals surface area contributed by atoms with Crippen molar-refractivity contribution in [3.05, 3.63) is 41.5 Å². The zero-order valence-electron chi connectivity index (χ0n) is 18.0. The molecule has 3 aliphatic rings. The van der Waals surface area contributed by atoms with Crippen molar-refractivity contribution in [3.8, 4) is 5.75 Å². The van der Waals surface area contributed by atoms with Crippen molar-refractivity contribution in [2.45, 2.75) is 43.4 Å². The summed E-state index contributed by atoms with van der Waals surface area (Å²) in [4.78, 5) is 33.3. The van der Waals surface area contributed by atoms with E-state index in [2.05, 4.69) is 10.1 Å². The summed E-state index contributed by atoms with van der Waals surface area (Å²) in [5.41, 5.74) is 0.683. The number of methoxy groups -OCH3 is 1. The van der Waals surface area contributed by atoms with Crippen LogP contribution in [0, 0.1) is 5.92 Å². The van der Waals surface area contributed by atoms with Gasteiger partial charge in [0.25, 0.3) is 0 Å². The van der Waals surface area contributed by atoms with Crippen molar-refractivity contribution < 1.29 is 18.8 Å². The lowest BCUT2D eigenvalue weighted by Gasteiger charge is -2.39. The largest absolute Gasteiger partial charge is 0.497 e. The number of aromatic nitrogens is 2. The average molecular weight is 425 g/mol. The third kappa shape index (κ3) is 3.79. The molecule has 1 saturated heterocycles. The molecular formula is C23H28N4O4. The molecule has 0 atom stereocenters. The number of ether oxygens (including phenoxy) is 1. The Bertz CT molecular complexity index is 972. The van der Waals surface area contributed by atoms with Gasteiger partial charge in [0.15, 0.2) is 5.82 Å². The molecule has 1 aliphatic heterocycles. The molecule has 2 aromatic rings. The molecule has 2 heterocycles. The summed E-state index contributed by atoms with van der Waals surface area (Å²) in [6, 6.07) is 7.82. The molecule has 31 heavy (non-hydrogen) atoms. The normalized spacial score (nSPS) is 19.6. The van der Waals surface area contributed by atoms with E-state index in [9.17, 15) is 9.59 Å². The van der Waals surface area contributed by atoms with Gasteiger partial charge in [-0.1, -0.05) is 17.3 Å². The van der Waals surface area contributed by atoms with Crippen molar-refractivity contribution >= 4 is 11.8 Å². The van der Waals surface area contributed by atoms with E-state index in [4.69, 9.17) is 9.26 Å². The fraction of sp³-hybridized carbons (Fsp3) is 0.565. The maximum atomic E-state index is 13.1. The Kier molecular flexibility index (Phi) is 4.95. The molecule has 2 saturated carbocycles. The first-order chi connectivity index (χ1) is 15.0. The molecular weight excluding hydrogens is 396 g/mol. The Morgan fingerprint density at radius 3 is 2.55 bits per heavy atom. The van der Waals surface area contributed by atoms with E-state index in [0.717, 1.165) is 37.0 Å². The first-order valence-corrected chi connectivity index (χ1v) is 11.0. The van der Waals surface area contributed by atoms with Gasteiger partial charge in [-0.2, -0.15) is 4.98 Å². The van der Waals surface area contributed by atoms with Gasteiger partial charge in [0, 0.05) is 39.0 Å². The van der Waals surface area contributed by atoms with Crippen molar-refractivity contribution in [3.63, 3.8) is 0 Å². The van der Waals surface area contributed by atoms with E-state index < -0.39 is 0 Å². The summed E-state index contributed by atoms with van der Waals surface area (Å²) in [5.74, 6) is 2.71. The van der Waals surface area contributed by atoms with Crippen LogP contribution in [0.25, 0.3) is 0 Å². The van der Waals surface area contributed by atoms with Crippen LogP contribution in [-0.4, -0.2) is 65.5 Å². The van der Waals surface area contributed by atoms with Gasteiger partial charge < -0.3 is 19.1 Å². The molecule has 3 fully saturated rings. The van der Waals surface area contributed by atoms with E-state index in [1.807, 2.05) is 36.2 Å². The standard InChI is InChI=1S/C23H28N4O4/c1-26(21(28)15-3-4-15)12-9-19-24-20(31-25-19)16-13-27(14-16)22(29)23(10-11-23)17-5-7-18(30-2)8-6-17/h5-8,15-16H,3-4,9-14H2,1-2H3. The summed E-state index contributed by atoms with van der Waals surface area (Å²) in [6.07, 6.45) is 4.36. The first kappa shape index (κ1) is 20.0. The number of carbonyl (C=O) groups excluding carboxylic acids is 2. The van der Waals surface area contributed by atoms with E-state index in [-0.39, 0.29) is 29.1 Å². The number of likely N-dealkylation sites (tertiary alicyclic amines) is 1. The number of likely N-dealkylation sites (N-methyl/N-ethyl adjacent to an activating group) is 1. The van der Waals surface area contributed by atoms with Crippen molar-refractivity contribution in [1.82, 2.24) is 19.9 Å². The van der Waals surface area contributed by atoms with Gasteiger partial charge in [-0.25, -0.2) is 0 Å². The molecule has 0 N–H and O–H groups in total. The van der Waals surface area contributed by atoms with Crippen molar-refractivity contribution in [2.24, 2.45) is 5.92 Å². The highest BCUT2D eigenvalue weighted by molar-refractivity contribution is 5.92. The molecule has 0 unspecified atom stereocenters. The predicted octanol–water partition coefficient (Wildman–Crippen LogP) is 2.15. The zero-order chi connectivity index (χ0) is 21.6. The van der Waals surface area contributed by atoms with Crippen LogP contribution in [-0.2, 0) is 21.4 Å². The highest BCUT2D eigenvalue weighted by atomic mass is 16.5. The van der Waals surface area contributed by atoms with Gasteiger partial charge in [0.2, 0.25) is 17.7 Å². The van der Waals surface area contributed by atoms with Gasteiger partial charge in [0.05, 0.1) is 18.4 Å². The van der Waals surface area contributed by atoms with Gasteiger partial charge in [-0.15, -0.1) is 0 Å². The maximum Gasteiger partial charge on any atom is 0.233 e. The van der Waals surface area contributed by atoms with Crippen LogP contribution in [0.2, 0.25) is 0 Å². The van der Waals surface area contributed by atoms with Crippen LogP contribution >= 0.6 is 0 Å². The van der Waals surface area contributed by atoms with Gasteiger partial charge in [0.1, 0.15) is 5.75 Å². The van der Waals surface area contributed by atoms with Crippen LogP contribution in [0.1, 0.15) is 48.9 Å². The summed E-state index contributed by atoms with van der Waals surface area (Å²) < 4.78 is 10.7. The lowest BCUT2D eigenvalue weighted by molar-refractivity contribution is -0.138. The van der Waals surface area contributed by atoms with E-state index >= 15 is 0 Å². The lowest BCUT2D eigenvalue weighted by Crippen LogP contribution is -2.52. The van der Waals surface area contributed by atoms with E-state index in [1.165, 1.54) is 0 Å². The summed E-state index contributed by atoms with van der Waals surface area (Å²) >= 11 is 0. The first-order valence-electron chi connectivity index (χ1n) is 11.0. The highest BCUT2D eigenvalue weighted by Crippen LogP contribution is 2.51. The van der Waals surface area contributed by atoms with Gasteiger partial charge >= 0.3 is 0 Å². The van der Waals surface area contributed by atoms with Crippen LogP contribution < -0.4 is 4.74 Å². The Morgan fingerprint density at radius 1 is 1.23 bits per heavy atom. The minimum atomic E-state index is -0.379. The fourth-order valence-corrected chi connectivity index (χ4v) is 4.32. The molecule has 8 heteroatoms. The Hall–Kier alpha value is -2.90. The molecule has 164 valence electrons. The van der Waals surface area contributed by atoms with Crippen molar-refractivity contribution in [1.29, 1.82) is 0 Å². The monoisotopic (exact) mass is 424 g/mol. The smallest absolute Gasteiger partial charge is 0.233 e. The average Bonchev–Trinajstić information content (AvgIpc) is 3.68. The second-order valence-corrected chi connectivity index (χ2v) is 9.05. The summed E-state index contributed by atoms with van der Waals surface area (Å²) in [6.45, 7) is 1.81. The third-order valence-electron chi connectivity index (χ3n) is 6.78. The van der Waals surface area contributed by atoms with Gasteiger partial charge in [-0.05, 0) is 43.4 Å². The van der Waals surface area contributed by atoms with Crippen LogP contribution in [0.3, 0.4) is 0 Å². The van der Waals surface area contributed by atoms with E-state index in [0.29, 0.717) is 37.8 Å². The van der Waals surface area contributed by atoms with Crippen LogP contribution in [0.5, 0.6) is 5.75 Å². The second-order valence-electron chi connectivity index (χ2n) is 9.05. The molecule has 2 aliphatic carbocycles. The summed E-state index contributed by atoms with van der Waals surface area (Å²) in [7, 11) is 3.47. The number of rotatable bonds is 8. The molecule has 8 nitrogen and oxygen atoms in total. The Balaban J connectivity index is 1.14. The predicted molar refractivity (Wildman–Crippen MR) is 112 cm³/mol. The number of nitrogens with zero attached hydrogens (tertiary/aromatic N) is 4. The maximum absolute atomic E-state index is 13.1. The van der Waals surface area contributed by atoms with E-state index in [1.54, 1.807) is 12.0 Å². The number of benzene rings is 1. The molecule has 0 spiro atoms. The molecule has 0 bridgehead atoms. The lowest BCUT2D eigenvalue weighted by atomic mass is 9.90. The molecule has 1 aromatic heterocycles. The number of amides is 2. The second kappa shape index (κ2) is 7.66. The minimum Gasteiger partial charge on any atom is -0.497 e. The van der Waals surface area contributed by atoms with Crippen LogP contribution in [0.15, 0.2) is 28.8 Å². The Labute approximate surface area is 181 Å². The molecule has 1 aromatic carbocycles. The molecule has 5 rings (SSSR count). The number of hydrogen-bond acceptors (Lipinski definition) is 6. The topological polar surface area (TPSA) is 88.8 Å². The van der Waals surface area contributed by atoms with Crippen LogP contribution in [0.4, 0.5) is 0 Å². The summed E-state index contributed by atoms with van der Waals surface area (Å²) in [5, 5.41) is 4.07. The fourth-order valence-electron chi connectivity index (χ4n) is 4.32. The SMILES string of the molecule is COc1ccc(C2(C(=O)N3CC(c4nc(CCN(C)C(=O)C5CC5)no4)C3)CC2)cc1. The number of hydrogen-bond donors (Lipinski definition) is 0. The van der Waals surface area contributed by atoms with Gasteiger partial charge in [-0.3, -0.25) is 9.59 Å². The minimum absolute atomic E-state index is 0.0858. The van der Waals surface area contributed by atoms with Crippen molar-refractivity contribution in [2.75, 3.05) is 33.8 Å². The Morgan fingerprint density at radius 2 is 1.94 bits per heavy atom. The molecule has 0 radical (unpaired) electrons. The zero-order valence-corrected chi connectivity index (χ0v) is 18.0. The third-order valence-corrected chi connectivity index (χ3v) is 6.78. The number of carbonyl (C=O) groups is 2. The highest BCUT2D eigenvalue weighted by Gasteiger charge is 2.55. The molecule has 2 amide bonds. The quantitative estimate of drug-likeness (QED) is 0.645.